The predicted octanol–water partition coefficient (Wildman–Crippen LogP) is 4.02. The monoisotopic (exact) mass is 247 g/mol. The SMILES string of the molecule is Cc1ccc(C(C)N2[C@H](C)CCC[C@@H]2C)c(O)c1. The number of hydrogen-bond acceptors (Lipinski definition) is 2. The van der Waals surface area contributed by atoms with Crippen LogP contribution in [0.25, 0.3) is 0 Å². The van der Waals surface area contributed by atoms with Gasteiger partial charge in [-0.3, -0.25) is 4.90 Å². The smallest absolute Gasteiger partial charge is 0.120 e. The van der Waals surface area contributed by atoms with E-state index in [4.69, 9.17) is 0 Å². The maximum Gasteiger partial charge on any atom is 0.120 e. The lowest BCUT2D eigenvalue weighted by molar-refractivity contribution is 0.0613. The van der Waals surface area contributed by atoms with Gasteiger partial charge in [-0.2, -0.15) is 0 Å². The van der Waals surface area contributed by atoms with Crippen molar-refractivity contribution < 1.29 is 5.11 Å². The van der Waals surface area contributed by atoms with Gasteiger partial charge < -0.3 is 5.11 Å². The van der Waals surface area contributed by atoms with Crippen molar-refractivity contribution >= 4 is 0 Å². The highest BCUT2D eigenvalue weighted by Gasteiger charge is 2.30. The second kappa shape index (κ2) is 5.31. The first-order valence-corrected chi connectivity index (χ1v) is 7.07. The lowest BCUT2D eigenvalue weighted by atomic mass is 9.93. The summed E-state index contributed by atoms with van der Waals surface area (Å²) in [5.41, 5.74) is 2.17. The second-order valence-electron chi connectivity index (χ2n) is 5.81. The van der Waals surface area contributed by atoms with Crippen LogP contribution in [0.15, 0.2) is 18.2 Å². The van der Waals surface area contributed by atoms with Crippen molar-refractivity contribution in [2.75, 3.05) is 0 Å². The summed E-state index contributed by atoms with van der Waals surface area (Å²) in [6, 6.07) is 7.52. The molecule has 1 aromatic rings. The van der Waals surface area contributed by atoms with Crippen molar-refractivity contribution in [1.82, 2.24) is 4.90 Å². The Hall–Kier alpha value is -1.02. The van der Waals surface area contributed by atoms with Crippen molar-refractivity contribution in [2.45, 2.75) is 65.1 Å². The molecule has 1 heterocycles. The number of hydrogen-bond donors (Lipinski definition) is 1. The number of nitrogens with zero attached hydrogens (tertiary/aromatic N) is 1. The van der Waals surface area contributed by atoms with Crippen LogP contribution in [-0.2, 0) is 0 Å². The molecule has 1 fully saturated rings. The fourth-order valence-electron chi connectivity index (χ4n) is 3.37. The Morgan fingerprint density at radius 3 is 2.39 bits per heavy atom. The van der Waals surface area contributed by atoms with Gasteiger partial charge in [-0.05, 0) is 52.2 Å². The molecule has 1 N–H and O–H groups in total. The van der Waals surface area contributed by atoms with Gasteiger partial charge >= 0.3 is 0 Å². The van der Waals surface area contributed by atoms with Gasteiger partial charge in [0, 0.05) is 23.7 Å². The highest BCUT2D eigenvalue weighted by Crippen LogP contribution is 2.35. The summed E-state index contributed by atoms with van der Waals surface area (Å²) < 4.78 is 0. The average molecular weight is 247 g/mol. The van der Waals surface area contributed by atoms with Crippen LogP contribution >= 0.6 is 0 Å². The quantitative estimate of drug-likeness (QED) is 0.853. The second-order valence-corrected chi connectivity index (χ2v) is 5.81. The van der Waals surface area contributed by atoms with Gasteiger partial charge in [0.15, 0.2) is 0 Å². The molecule has 3 atom stereocenters. The third-order valence-corrected chi connectivity index (χ3v) is 4.34. The molecule has 0 radical (unpaired) electrons. The van der Waals surface area contributed by atoms with E-state index in [-0.39, 0.29) is 6.04 Å². The molecule has 100 valence electrons. The molecule has 0 spiro atoms. The van der Waals surface area contributed by atoms with E-state index in [0.717, 1.165) is 11.1 Å². The Labute approximate surface area is 111 Å². The zero-order valence-corrected chi connectivity index (χ0v) is 12.0. The summed E-state index contributed by atoms with van der Waals surface area (Å²) in [6.45, 7) is 8.83. The van der Waals surface area contributed by atoms with E-state index in [1.165, 1.54) is 19.3 Å². The lowest BCUT2D eigenvalue weighted by Crippen LogP contribution is -2.45. The highest BCUT2D eigenvalue weighted by molar-refractivity contribution is 5.38. The molecule has 1 aliphatic rings. The Bertz CT molecular complexity index is 406. The zero-order chi connectivity index (χ0) is 13.3. The van der Waals surface area contributed by atoms with Crippen molar-refractivity contribution in [3.63, 3.8) is 0 Å². The van der Waals surface area contributed by atoms with Gasteiger partial charge in [0.1, 0.15) is 5.75 Å². The number of likely N-dealkylation sites (tertiary alicyclic amines) is 1. The molecule has 1 saturated heterocycles. The summed E-state index contributed by atoms with van der Waals surface area (Å²) >= 11 is 0. The third-order valence-electron chi connectivity index (χ3n) is 4.34. The Kier molecular flexibility index (Phi) is 3.96. The van der Waals surface area contributed by atoms with Gasteiger partial charge in [-0.25, -0.2) is 0 Å². The van der Waals surface area contributed by atoms with E-state index in [1.54, 1.807) is 0 Å². The van der Waals surface area contributed by atoms with E-state index in [1.807, 2.05) is 13.0 Å². The van der Waals surface area contributed by atoms with E-state index < -0.39 is 0 Å². The zero-order valence-electron chi connectivity index (χ0n) is 12.0. The van der Waals surface area contributed by atoms with Crippen LogP contribution in [0.5, 0.6) is 5.75 Å². The fourth-order valence-corrected chi connectivity index (χ4v) is 3.37. The predicted molar refractivity (Wildman–Crippen MR) is 75.9 cm³/mol. The maximum absolute atomic E-state index is 10.1. The van der Waals surface area contributed by atoms with Crippen LogP contribution in [0.2, 0.25) is 0 Å². The van der Waals surface area contributed by atoms with Gasteiger partial charge in [0.25, 0.3) is 0 Å². The number of benzene rings is 1. The summed E-state index contributed by atoms with van der Waals surface area (Å²) in [5, 5.41) is 10.1. The Morgan fingerprint density at radius 1 is 1.22 bits per heavy atom. The Balaban J connectivity index is 2.26. The minimum Gasteiger partial charge on any atom is -0.508 e. The van der Waals surface area contributed by atoms with E-state index >= 15 is 0 Å². The molecular weight excluding hydrogens is 222 g/mol. The molecule has 0 aliphatic carbocycles. The molecule has 0 saturated carbocycles. The lowest BCUT2D eigenvalue weighted by Gasteiger charge is -2.43. The first-order valence-electron chi connectivity index (χ1n) is 7.07. The fraction of sp³-hybridized carbons (Fsp3) is 0.625. The first kappa shape index (κ1) is 13.4. The number of phenols is 1. The number of aromatic hydroxyl groups is 1. The summed E-state index contributed by atoms with van der Waals surface area (Å²) in [5.74, 6) is 0.437. The van der Waals surface area contributed by atoms with Crippen LogP contribution in [0.1, 0.15) is 57.2 Å². The van der Waals surface area contributed by atoms with Crippen molar-refractivity contribution in [3.05, 3.63) is 29.3 Å². The number of piperidine rings is 1. The molecule has 1 unspecified atom stereocenters. The molecule has 2 rings (SSSR count). The number of rotatable bonds is 2. The van der Waals surface area contributed by atoms with E-state index in [0.29, 0.717) is 17.8 Å². The topological polar surface area (TPSA) is 23.5 Å². The van der Waals surface area contributed by atoms with Crippen molar-refractivity contribution in [3.8, 4) is 5.75 Å². The van der Waals surface area contributed by atoms with Gasteiger partial charge in [0.2, 0.25) is 0 Å². The van der Waals surface area contributed by atoms with Crippen LogP contribution in [-0.4, -0.2) is 22.1 Å². The van der Waals surface area contributed by atoms with Crippen LogP contribution < -0.4 is 0 Å². The maximum atomic E-state index is 10.1. The molecule has 0 bridgehead atoms. The summed E-state index contributed by atoms with van der Waals surface area (Å²) in [7, 11) is 0. The first-order chi connectivity index (χ1) is 8.50. The summed E-state index contributed by atoms with van der Waals surface area (Å²) in [4.78, 5) is 2.55. The highest BCUT2D eigenvalue weighted by atomic mass is 16.3. The summed E-state index contributed by atoms with van der Waals surface area (Å²) in [6.07, 6.45) is 3.86. The minimum absolute atomic E-state index is 0.288. The molecule has 2 nitrogen and oxygen atoms in total. The molecule has 1 aromatic carbocycles. The third kappa shape index (κ3) is 2.54. The van der Waals surface area contributed by atoms with Crippen molar-refractivity contribution in [1.29, 1.82) is 0 Å². The molecule has 18 heavy (non-hydrogen) atoms. The molecule has 0 amide bonds. The molecule has 2 heteroatoms. The van der Waals surface area contributed by atoms with E-state index in [2.05, 4.69) is 37.8 Å². The molecule has 0 aromatic heterocycles. The molecule has 1 aliphatic heterocycles. The Morgan fingerprint density at radius 2 is 1.83 bits per heavy atom. The van der Waals surface area contributed by atoms with Gasteiger partial charge in [0.05, 0.1) is 0 Å². The standard InChI is InChI=1S/C16H25NO/c1-11-8-9-15(16(18)10-11)14(4)17-12(2)6-5-7-13(17)3/h8-10,12-14,18H,5-7H2,1-4H3/t12-,13+,14?. The number of aryl methyl sites for hydroxylation is 1. The van der Waals surface area contributed by atoms with Crippen LogP contribution in [0.3, 0.4) is 0 Å². The van der Waals surface area contributed by atoms with Crippen LogP contribution in [0, 0.1) is 6.92 Å². The van der Waals surface area contributed by atoms with Crippen molar-refractivity contribution in [2.24, 2.45) is 0 Å². The minimum atomic E-state index is 0.288. The van der Waals surface area contributed by atoms with Crippen LogP contribution in [0.4, 0.5) is 0 Å². The van der Waals surface area contributed by atoms with Gasteiger partial charge in [-0.15, -0.1) is 0 Å². The number of phenolic OH excluding ortho intramolecular Hbond substituents is 1. The van der Waals surface area contributed by atoms with Gasteiger partial charge in [-0.1, -0.05) is 18.6 Å². The normalized spacial score (nSPS) is 27.1. The largest absolute Gasteiger partial charge is 0.508 e. The van der Waals surface area contributed by atoms with E-state index in [9.17, 15) is 5.11 Å². The molecular formula is C16H25NO. The average Bonchev–Trinajstić information content (AvgIpc) is 2.28.